The van der Waals surface area contributed by atoms with Gasteiger partial charge in [-0.25, -0.2) is 4.98 Å². The van der Waals surface area contributed by atoms with Crippen LogP contribution in [-0.2, 0) is 0 Å². The van der Waals surface area contributed by atoms with Crippen molar-refractivity contribution in [3.8, 4) is 5.88 Å². The third-order valence-corrected chi connectivity index (χ3v) is 3.13. The zero-order chi connectivity index (χ0) is 13.0. The Bertz CT molecular complexity index is 431. The van der Waals surface area contributed by atoms with Crippen molar-refractivity contribution in [3.05, 3.63) is 27.9 Å². The molecule has 1 unspecified atom stereocenters. The summed E-state index contributed by atoms with van der Waals surface area (Å²) < 4.78 is 5.53. The van der Waals surface area contributed by atoms with Gasteiger partial charge >= 0.3 is 5.69 Å². The van der Waals surface area contributed by atoms with Gasteiger partial charge in [0.1, 0.15) is 0 Å². The van der Waals surface area contributed by atoms with Crippen LogP contribution in [0.5, 0.6) is 5.88 Å². The van der Waals surface area contributed by atoms with Gasteiger partial charge in [0.2, 0.25) is 0 Å². The Morgan fingerprint density at radius 3 is 3.17 bits per heavy atom. The highest BCUT2D eigenvalue weighted by atomic mass is 16.6. The van der Waals surface area contributed by atoms with E-state index in [9.17, 15) is 10.1 Å². The fraction of sp³-hybridized carbons (Fsp3) is 0.583. The van der Waals surface area contributed by atoms with E-state index in [0.29, 0.717) is 18.1 Å². The number of aryl methyl sites for hydroxylation is 1. The molecule has 0 saturated carbocycles. The van der Waals surface area contributed by atoms with Crippen LogP contribution < -0.4 is 10.1 Å². The van der Waals surface area contributed by atoms with Crippen molar-refractivity contribution >= 4 is 5.69 Å². The first-order valence-corrected chi connectivity index (χ1v) is 6.12. The number of nitro groups is 1. The number of aromatic nitrogens is 1. The number of pyridine rings is 1. The molecule has 1 saturated heterocycles. The highest BCUT2D eigenvalue weighted by Gasteiger charge is 2.21. The van der Waals surface area contributed by atoms with E-state index >= 15 is 0 Å². The summed E-state index contributed by atoms with van der Waals surface area (Å²) in [5.74, 6) is 0.534. The molecule has 0 bridgehead atoms. The Labute approximate surface area is 106 Å². The zero-order valence-corrected chi connectivity index (χ0v) is 10.4. The van der Waals surface area contributed by atoms with E-state index in [1.807, 2.05) is 0 Å². The minimum absolute atomic E-state index is 0.0266. The Hall–Kier alpha value is -1.69. The average molecular weight is 251 g/mol. The summed E-state index contributed by atoms with van der Waals surface area (Å²) in [5, 5.41) is 14.3. The summed E-state index contributed by atoms with van der Waals surface area (Å²) in [6.07, 6.45) is 3.75. The molecule has 1 aliphatic heterocycles. The normalized spacial score (nSPS) is 19.5. The molecule has 6 nitrogen and oxygen atoms in total. The van der Waals surface area contributed by atoms with Crippen LogP contribution >= 0.6 is 0 Å². The SMILES string of the molecule is Cc1ccnc(OCC2CCCNC2)c1[N+](=O)[O-]. The molecule has 1 aromatic rings. The predicted molar refractivity (Wildman–Crippen MR) is 66.7 cm³/mol. The Kier molecular flexibility index (Phi) is 4.09. The van der Waals surface area contributed by atoms with Gasteiger partial charge in [0.05, 0.1) is 11.5 Å². The summed E-state index contributed by atoms with van der Waals surface area (Å²) in [4.78, 5) is 14.5. The number of nitrogens with zero attached hydrogens (tertiary/aromatic N) is 2. The van der Waals surface area contributed by atoms with Gasteiger partial charge in [-0.2, -0.15) is 0 Å². The third-order valence-electron chi connectivity index (χ3n) is 3.13. The third kappa shape index (κ3) is 2.95. The van der Waals surface area contributed by atoms with E-state index in [4.69, 9.17) is 4.74 Å². The molecule has 2 rings (SSSR count). The number of rotatable bonds is 4. The maximum atomic E-state index is 11.0. The Morgan fingerprint density at radius 1 is 1.67 bits per heavy atom. The van der Waals surface area contributed by atoms with Gasteiger partial charge in [-0.3, -0.25) is 10.1 Å². The molecule has 0 radical (unpaired) electrons. The second-order valence-corrected chi connectivity index (χ2v) is 4.56. The molecule has 1 aliphatic rings. The van der Waals surface area contributed by atoms with Crippen LogP contribution in [0, 0.1) is 23.0 Å². The topological polar surface area (TPSA) is 77.3 Å². The van der Waals surface area contributed by atoms with E-state index < -0.39 is 4.92 Å². The molecule has 1 N–H and O–H groups in total. The standard InChI is InChI=1S/C12H17N3O3/c1-9-4-6-14-12(11(9)15(16)17)18-8-10-3-2-5-13-7-10/h4,6,10,13H,2-3,5,7-8H2,1H3. The van der Waals surface area contributed by atoms with Gasteiger partial charge in [-0.15, -0.1) is 0 Å². The van der Waals surface area contributed by atoms with E-state index in [1.54, 1.807) is 13.0 Å². The van der Waals surface area contributed by atoms with E-state index in [0.717, 1.165) is 25.9 Å². The molecule has 0 spiro atoms. The first kappa shape index (κ1) is 12.8. The molecular formula is C12H17N3O3. The number of ether oxygens (including phenoxy) is 1. The number of nitrogens with one attached hydrogen (secondary N) is 1. The summed E-state index contributed by atoms with van der Waals surface area (Å²) in [5.41, 5.74) is 0.549. The smallest absolute Gasteiger partial charge is 0.333 e. The lowest BCUT2D eigenvalue weighted by Gasteiger charge is -2.22. The van der Waals surface area contributed by atoms with Gasteiger partial charge in [-0.05, 0) is 32.4 Å². The fourth-order valence-corrected chi connectivity index (χ4v) is 2.12. The molecular weight excluding hydrogens is 234 g/mol. The minimum Gasteiger partial charge on any atom is -0.472 e. The summed E-state index contributed by atoms with van der Waals surface area (Å²) >= 11 is 0. The Morgan fingerprint density at radius 2 is 2.50 bits per heavy atom. The van der Waals surface area contributed by atoms with Crippen LogP contribution in [0.1, 0.15) is 18.4 Å². The van der Waals surface area contributed by atoms with Crippen molar-refractivity contribution in [1.29, 1.82) is 0 Å². The first-order valence-electron chi connectivity index (χ1n) is 6.12. The summed E-state index contributed by atoms with van der Waals surface area (Å²) in [6, 6.07) is 1.62. The van der Waals surface area contributed by atoms with Gasteiger partial charge in [0.25, 0.3) is 5.88 Å². The highest BCUT2D eigenvalue weighted by molar-refractivity contribution is 5.47. The van der Waals surface area contributed by atoms with E-state index in [2.05, 4.69) is 10.3 Å². The second kappa shape index (κ2) is 5.77. The van der Waals surface area contributed by atoms with Crippen molar-refractivity contribution < 1.29 is 9.66 Å². The van der Waals surface area contributed by atoms with Gasteiger partial charge in [-0.1, -0.05) is 0 Å². The maximum Gasteiger partial charge on any atom is 0.333 e. The Balaban J connectivity index is 2.04. The molecule has 1 atom stereocenters. The van der Waals surface area contributed by atoms with Gasteiger partial charge in [0, 0.05) is 24.2 Å². The van der Waals surface area contributed by atoms with Crippen LogP contribution in [0.3, 0.4) is 0 Å². The molecule has 1 fully saturated rings. The highest BCUT2D eigenvalue weighted by Crippen LogP contribution is 2.28. The van der Waals surface area contributed by atoms with E-state index in [1.165, 1.54) is 6.20 Å². The predicted octanol–water partition coefficient (Wildman–Crippen LogP) is 1.68. The quantitative estimate of drug-likeness (QED) is 0.650. The largest absolute Gasteiger partial charge is 0.472 e. The minimum atomic E-state index is -0.434. The van der Waals surface area contributed by atoms with Crippen molar-refractivity contribution in [2.45, 2.75) is 19.8 Å². The molecule has 0 aromatic carbocycles. The van der Waals surface area contributed by atoms with Crippen molar-refractivity contribution in [2.75, 3.05) is 19.7 Å². The van der Waals surface area contributed by atoms with Gasteiger partial charge in [0.15, 0.2) is 0 Å². The monoisotopic (exact) mass is 251 g/mol. The maximum absolute atomic E-state index is 11.0. The summed E-state index contributed by atoms with van der Waals surface area (Å²) in [6.45, 7) is 4.11. The van der Waals surface area contributed by atoms with Crippen LogP contribution in [-0.4, -0.2) is 29.6 Å². The molecule has 0 aliphatic carbocycles. The van der Waals surface area contributed by atoms with Crippen LogP contribution in [0.15, 0.2) is 12.3 Å². The molecule has 2 heterocycles. The van der Waals surface area contributed by atoms with Crippen LogP contribution in [0.4, 0.5) is 5.69 Å². The lowest BCUT2D eigenvalue weighted by atomic mass is 10.0. The number of hydrogen-bond acceptors (Lipinski definition) is 5. The lowest BCUT2D eigenvalue weighted by molar-refractivity contribution is -0.386. The van der Waals surface area contributed by atoms with Crippen molar-refractivity contribution in [3.63, 3.8) is 0 Å². The van der Waals surface area contributed by atoms with Gasteiger partial charge < -0.3 is 10.1 Å². The molecule has 1 aromatic heterocycles. The van der Waals surface area contributed by atoms with Crippen molar-refractivity contribution in [2.24, 2.45) is 5.92 Å². The first-order chi connectivity index (χ1) is 8.68. The number of hydrogen-bond donors (Lipinski definition) is 1. The molecule has 98 valence electrons. The van der Waals surface area contributed by atoms with E-state index in [-0.39, 0.29) is 11.6 Å². The lowest BCUT2D eigenvalue weighted by Crippen LogP contribution is -2.33. The molecule has 6 heteroatoms. The number of piperidine rings is 1. The zero-order valence-electron chi connectivity index (χ0n) is 10.4. The molecule has 0 amide bonds. The van der Waals surface area contributed by atoms with Crippen molar-refractivity contribution in [1.82, 2.24) is 10.3 Å². The van der Waals surface area contributed by atoms with Crippen LogP contribution in [0.2, 0.25) is 0 Å². The average Bonchev–Trinajstić information content (AvgIpc) is 2.37. The fourth-order valence-electron chi connectivity index (χ4n) is 2.12. The second-order valence-electron chi connectivity index (χ2n) is 4.56. The van der Waals surface area contributed by atoms with Crippen LogP contribution in [0.25, 0.3) is 0 Å². The molecule has 18 heavy (non-hydrogen) atoms. The summed E-state index contributed by atoms with van der Waals surface area (Å²) in [7, 11) is 0.